The van der Waals surface area contributed by atoms with Crippen molar-refractivity contribution >= 4 is 11.9 Å². The summed E-state index contributed by atoms with van der Waals surface area (Å²) >= 11 is 0. The molecular weight excluding hydrogens is 302 g/mol. The summed E-state index contributed by atoms with van der Waals surface area (Å²) in [5, 5.41) is 2.93. The average molecular weight is 333 g/mol. The first-order chi connectivity index (χ1) is 11.6. The zero-order chi connectivity index (χ0) is 17.6. The number of hydrogen-bond acceptors (Lipinski definition) is 3. The van der Waals surface area contributed by atoms with Crippen molar-refractivity contribution in [3.05, 3.63) is 35.9 Å². The fourth-order valence-electron chi connectivity index (χ4n) is 2.44. The van der Waals surface area contributed by atoms with E-state index in [1.165, 1.54) is 18.4 Å². The van der Waals surface area contributed by atoms with Crippen molar-refractivity contribution < 1.29 is 14.3 Å². The number of esters is 1. The van der Waals surface area contributed by atoms with Gasteiger partial charge in [-0.2, -0.15) is 0 Å². The first-order valence-electron chi connectivity index (χ1n) is 9.10. The predicted octanol–water partition coefficient (Wildman–Crippen LogP) is 4.20. The molecule has 0 aromatic heterocycles. The SMILES string of the molecule is CCCCCCOC(=O)CCCC(=O)NCC(C)c1ccccc1. The highest BCUT2D eigenvalue weighted by molar-refractivity contribution is 5.77. The number of benzene rings is 1. The van der Waals surface area contributed by atoms with Crippen molar-refractivity contribution in [3.8, 4) is 0 Å². The van der Waals surface area contributed by atoms with Gasteiger partial charge in [-0.3, -0.25) is 9.59 Å². The van der Waals surface area contributed by atoms with E-state index in [1.807, 2.05) is 18.2 Å². The summed E-state index contributed by atoms with van der Waals surface area (Å²) in [6.07, 6.45) is 5.61. The molecule has 0 radical (unpaired) electrons. The van der Waals surface area contributed by atoms with Crippen LogP contribution in [0, 0.1) is 0 Å². The van der Waals surface area contributed by atoms with Gasteiger partial charge in [0.1, 0.15) is 0 Å². The lowest BCUT2D eigenvalue weighted by atomic mass is 10.0. The van der Waals surface area contributed by atoms with Crippen molar-refractivity contribution in [1.82, 2.24) is 5.32 Å². The zero-order valence-electron chi connectivity index (χ0n) is 15.1. The normalized spacial score (nSPS) is 11.8. The van der Waals surface area contributed by atoms with Crippen LogP contribution < -0.4 is 5.32 Å². The molecule has 1 amide bonds. The van der Waals surface area contributed by atoms with E-state index in [2.05, 4.69) is 31.3 Å². The van der Waals surface area contributed by atoms with Crippen LogP contribution in [0.1, 0.15) is 70.3 Å². The van der Waals surface area contributed by atoms with Crippen LogP contribution in [0.3, 0.4) is 0 Å². The quantitative estimate of drug-likeness (QED) is 0.461. The van der Waals surface area contributed by atoms with E-state index in [-0.39, 0.29) is 17.8 Å². The Bertz CT molecular complexity index is 473. The molecule has 0 saturated heterocycles. The van der Waals surface area contributed by atoms with Crippen LogP contribution in [0.25, 0.3) is 0 Å². The minimum Gasteiger partial charge on any atom is -0.466 e. The van der Waals surface area contributed by atoms with Crippen molar-refractivity contribution in [3.63, 3.8) is 0 Å². The molecule has 4 nitrogen and oxygen atoms in total. The minimum atomic E-state index is -0.197. The summed E-state index contributed by atoms with van der Waals surface area (Å²) in [6.45, 7) is 5.35. The highest BCUT2D eigenvalue weighted by Crippen LogP contribution is 2.13. The predicted molar refractivity (Wildman–Crippen MR) is 96.8 cm³/mol. The molecule has 0 bridgehead atoms. The summed E-state index contributed by atoms with van der Waals surface area (Å²) in [5.41, 5.74) is 1.21. The molecular formula is C20H31NO3. The van der Waals surface area contributed by atoms with Crippen molar-refractivity contribution in [1.29, 1.82) is 0 Å². The molecule has 0 heterocycles. The first-order valence-corrected chi connectivity index (χ1v) is 9.10. The fraction of sp³-hybridized carbons (Fsp3) is 0.600. The topological polar surface area (TPSA) is 55.4 Å². The number of amides is 1. The highest BCUT2D eigenvalue weighted by atomic mass is 16.5. The summed E-state index contributed by atoms with van der Waals surface area (Å²) in [7, 11) is 0. The van der Waals surface area contributed by atoms with Gasteiger partial charge < -0.3 is 10.1 Å². The van der Waals surface area contributed by atoms with Crippen LogP contribution in [-0.4, -0.2) is 25.0 Å². The molecule has 1 atom stereocenters. The van der Waals surface area contributed by atoms with Gasteiger partial charge in [-0.1, -0.05) is 63.4 Å². The van der Waals surface area contributed by atoms with E-state index in [4.69, 9.17) is 4.74 Å². The third-order valence-electron chi connectivity index (χ3n) is 4.02. The Morgan fingerprint density at radius 2 is 1.79 bits per heavy atom. The fourth-order valence-corrected chi connectivity index (χ4v) is 2.44. The Hall–Kier alpha value is -1.84. The summed E-state index contributed by atoms with van der Waals surface area (Å²) in [6, 6.07) is 10.1. The maximum Gasteiger partial charge on any atom is 0.305 e. The Morgan fingerprint density at radius 1 is 1.04 bits per heavy atom. The number of carbonyl (C=O) groups is 2. The Kier molecular flexibility index (Phi) is 10.6. The van der Waals surface area contributed by atoms with Crippen LogP contribution in [0.2, 0.25) is 0 Å². The maximum absolute atomic E-state index is 11.8. The van der Waals surface area contributed by atoms with Crippen LogP contribution in [0.15, 0.2) is 30.3 Å². The van der Waals surface area contributed by atoms with Crippen LogP contribution in [0.4, 0.5) is 0 Å². The van der Waals surface area contributed by atoms with Gasteiger partial charge in [0.2, 0.25) is 5.91 Å². The standard InChI is InChI=1S/C20H31NO3/c1-3-4-5-9-15-24-20(23)14-10-13-19(22)21-16-17(2)18-11-7-6-8-12-18/h6-8,11-12,17H,3-5,9-10,13-16H2,1-2H3,(H,21,22). The van der Waals surface area contributed by atoms with Crippen molar-refractivity contribution in [2.75, 3.05) is 13.2 Å². The molecule has 0 spiro atoms. The van der Waals surface area contributed by atoms with E-state index in [9.17, 15) is 9.59 Å². The zero-order valence-corrected chi connectivity index (χ0v) is 15.1. The number of ether oxygens (including phenoxy) is 1. The molecule has 1 aromatic carbocycles. The van der Waals surface area contributed by atoms with Gasteiger partial charge in [0, 0.05) is 19.4 Å². The van der Waals surface area contributed by atoms with E-state index in [0.29, 0.717) is 32.4 Å². The number of nitrogens with one attached hydrogen (secondary N) is 1. The largest absolute Gasteiger partial charge is 0.466 e. The van der Waals surface area contributed by atoms with Gasteiger partial charge in [0.25, 0.3) is 0 Å². The van der Waals surface area contributed by atoms with Crippen molar-refractivity contribution in [2.24, 2.45) is 0 Å². The van der Waals surface area contributed by atoms with E-state index in [0.717, 1.165) is 12.8 Å². The van der Waals surface area contributed by atoms with Gasteiger partial charge in [0.15, 0.2) is 0 Å². The maximum atomic E-state index is 11.8. The third kappa shape index (κ3) is 9.33. The minimum absolute atomic E-state index is 0.00599. The van der Waals surface area contributed by atoms with Crippen LogP contribution >= 0.6 is 0 Å². The third-order valence-corrected chi connectivity index (χ3v) is 4.02. The first kappa shape index (κ1) is 20.2. The van der Waals surface area contributed by atoms with Gasteiger partial charge in [-0.05, 0) is 24.3 Å². The molecule has 134 valence electrons. The van der Waals surface area contributed by atoms with Gasteiger partial charge >= 0.3 is 5.97 Å². The van der Waals surface area contributed by atoms with Gasteiger partial charge in [-0.15, -0.1) is 0 Å². The summed E-state index contributed by atoms with van der Waals surface area (Å²) in [5.74, 6) is 0.0775. The second-order valence-corrected chi connectivity index (χ2v) is 6.25. The molecule has 1 unspecified atom stereocenters. The average Bonchev–Trinajstić information content (AvgIpc) is 2.60. The number of carbonyl (C=O) groups excluding carboxylic acids is 2. The molecule has 1 aromatic rings. The summed E-state index contributed by atoms with van der Waals surface area (Å²) < 4.78 is 5.16. The Labute approximate surface area is 146 Å². The summed E-state index contributed by atoms with van der Waals surface area (Å²) in [4.78, 5) is 23.4. The molecule has 0 saturated carbocycles. The molecule has 0 fully saturated rings. The molecule has 24 heavy (non-hydrogen) atoms. The van der Waals surface area contributed by atoms with E-state index >= 15 is 0 Å². The molecule has 0 aliphatic carbocycles. The monoisotopic (exact) mass is 333 g/mol. The number of hydrogen-bond donors (Lipinski definition) is 1. The second kappa shape index (κ2) is 12.6. The van der Waals surface area contributed by atoms with E-state index in [1.54, 1.807) is 0 Å². The lowest BCUT2D eigenvalue weighted by Gasteiger charge is -2.13. The smallest absolute Gasteiger partial charge is 0.305 e. The highest BCUT2D eigenvalue weighted by Gasteiger charge is 2.09. The number of rotatable bonds is 12. The van der Waals surface area contributed by atoms with Gasteiger partial charge in [0.05, 0.1) is 6.61 Å². The second-order valence-electron chi connectivity index (χ2n) is 6.25. The van der Waals surface area contributed by atoms with Crippen molar-refractivity contribution in [2.45, 2.75) is 64.7 Å². The Balaban J connectivity index is 2.06. The molecule has 1 rings (SSSR count). The van der Waals surface area contributed by atoms with Gasteiger partial charge in [-0.25, -0.2) is 0 Å². The lowest BCUT2D eigenvalue weighted by Crippen LogP contribution is -2.27. The lowest BCUT2D eigenvalue weighted by molar-refractivity contribution is -0.143. The van der Waals surface area contributed by atoms with Crippen LogP contribution in [-0.2, 0) is 14.3 Å². The van der Waals surface area contributed by atoms with E-state index < -0.39 is 0 Å². The number of unbranched alkanes of at least 4 members (excludes halogenated alkanes) is 3. The molecule has 0 aliphatic heterocycles. The molecule has 1 N–H and O–H groups in total. The van der Waals surface area contributed by atoms with Crippen LogP contribution in [0.5, 0.6) is 0 Å². The Morgan fingerprint density at radius 3 is 2.50 bits per heavy atom. The molecule has 4 heteroatoms. The molecule has 0 aliphatic rings.